The lowest BCUT2D eigenvalue weighted by molar-refractivity contribution is -0.130. The molecule has 0 atom stereocenters. The summed E-state index contributed by atoms with van der Waals surface area (Å²) in [6, 6.07) is 0. The van der Waals surface area contributed by atoms with Crippen LogP contribution in [0.3, 0.4) is 0 Å². The Morgan fingerprint density at radius 3 is 2.36 bits per heavy atom. The summed E-state index contributed by atoms with van der Waals surface area (Å²) in [7, 11) is 0. The van der Waals surface area contributed by atoms with Gasteiger partial charge in [0.2, 0.25) is 5.91 Å². The Labute approximate surface area is 152 Å². The smallest absolute Gasteiger partial charge is 0.224 e. The highest BCUT2D eigenvalue weighted by Gasteiger charge is 2.08. The highest BCUT2D eigenvalue weighted by Crippen LogP contribution is 1.92. The molecule has 0 radical (unpaired) electrons. The summed E-state index contributed by atoms with van der Waals surface area (Å²) in [5.41, 5.74) is 0. The van der Waals surface area contributed by atoms with Gasteiger partial charge in [-0.3, -0.25) is 9.79 Å². The summed E-state index contributed by atoms with van der Waals surface area (Å²) >= 11 is 0. The number of nitrogens with one attached hydrogen (secondary N) is 2. The molecule has 7 heteroatoms. The number of aliphatic imine (C=N–C) groups is 1. The van der Waals surface area contributed by atoms with E-state index in [2.05, 4.69) is 15.6 Å². The summed E-state index contributed by atoms with van der Waals surface area (Å²) in [6.45, 7) is 13.2. The summed E-state index contributed by atoms with van der Waals surface area (Å²) in [5, 5.41) is 6.37. The molecular formula is C15H33IN4O2. The van der Waals surface area contributed by atoms with Crippen molar-refractivity contribution in [2.45, 2.75) is 40.5 Å². The monoisotopic (exact) mass is 428 g/mol. The molecule has 0 aromatic rings. The molecule has 0 aliphatic heterocycles. The fourth-order valence-electron chi connectivity index (χ4n) is 1.87. The van der Waals surface area contributed by atoms with Gasteiger partial charge in [-0.1, -0.05) is 0 Å². The van der Waals surface area contributed by atoms with Crippen molar-refractivity contribution >= 4 is 35.8 Å². The Balaban J connectivity index is 0. The van der Waals surface area contributed by atoms with E-state index in [1.54, 1.807) is 0 Å². The van der Waals surface area contributed by atoms with Gasteiger partial charge in [0.15, 0.2) is 5.96 Å². The van der Waals surface area contributed by atoms with E-state index >= 15 is 0 Å². The highest BCUT2D eigenvalue weighted by atomic mass is 127. The fourth-order valence-corrected chi connectivity index (χ4v) is 1.87. The van der Waals surface area contributed by atoms with Gasteiger partial charge in [-0.2, -0.15) is 0 Å². The van der Waals surface area contributed by atoms with Gasteiger partial charge in [-0.15, -0.1) is 24.0 Å². The van der Waals surface area contributed by atoms with Gasteiger partial charge < -0.3 is 20.3 Å². The van der Waals surface area contributed by atoms with Crippen LogP contribution < -0.4 is 10.6 Å². The van der Waals surface area contributed by atoms with E-state index in [9.17, 15) is 4.79 Å². The predicted molar refractivity (Wildman–Crippen MR) is 103 cm³/mol. The Bertz CT molecular complexity index is 297. The first-order chi connectivity index (χ1) is 10.2. The van der Waals surface area contributed by atoms with E-state index in [1.807, 2.05) is 32.6 Å². The molecule has 2 N–H and O–H groups in total. The number of rotatable bonds is 11. The number of carbonyl (C=O) groups is 1. The van der Waals surface area contributed by atoms with E-state index in [4.69, 9.17) is 4.74 Å². The van der Waals surface area contributed by atoms with Gasteiger partial charge in [-0.25, -0.2) is 0 Å². The van der Waals surface area contributed by atoms with E-state index in [1.165, 1.54) is 0 Å². The summed E-state index contributed by atoms with van der Waals surface area (Å²) in [5.74, 6) is 0.945. The zero-order chi connectivity index (χ0) is 15.9. The Morgan fingerprint density at radius 2 is 1.82 bits per heavy atom. The van der Waals surface area contributed by atoms with Crippen LogP contribution in [0.1, 0.15) is 40.5 Å². The zero-order valence-corrected chi connectivity index (χ0v) is 16.8. The molecule has 0 aliphatic rings. The minimum absolute atomic E-state index is 0. The van der Waals surface area contributed by atoms with Crippen LogP contribution in [-0.2, 0) is 9.53 Å². The minimum Gasteiger partial charge on any atom is -0.382 e. The van der Waals surface area contributed by atoms with Crippen LogP contribution in [0.15, 0.2) is 4.99 Å². The molecule has 0 saturated heterocycles. The van der Waals surface area contributed by atoms with Crippen LogP contribution in [0.4, 0.5) is 0 Å². The number of amides is 1. The predicted octanol–water partition coefficient (Wildman–Crippen LogP) is 1.84. The maximum absolute atomic E-state index is 11.9. The van der Waals surface area contributed by atoms with Crippen molar-refractivity contribution in [2.24, 2.45) is 4.99 Å². The molecule has 0 aliphatic carbocycles. The Kier molecular flexibility index (Phi) is 18.1. The second kappa shape index (κ2) is 16.8. The zero-order valence-electron chi connectivity index (χ0n) is 14.5. The molecule has 0 aromatic carbocycles. The van der Waals surface area contributed by atoms with Crippen LogP contribution in [-0.4, -0.2) is 62.7 Å². The number of hydrogen-bond acceptors (Lipinski definition) is 3. The molecule has 0 unspecified atom stereocenters. The van der Waals surface area contributed by atoms with Gasteiger partial charge in [0.1, 0.15) is 0 Å². The van der Waals surface area contributed by atoms with Crippen LogP contribution in [0, 0.1) is 0 Å². The second-order valence-corrected chi connectivity index (χ2v) is 4.55. The molecule has 0 heterocycles. The first-order valence-electron chi connectivity index (χ1n) is 8.07. The third-order valence-electron chi connectivity index (χ3n) is 3.01. The molecule has 6 nitrogen and oxygen atoms in total. The van der Waals surface area contributed by atoms with Crippen molar-refractivity contribution in [2.75, 3.05) is 45.9 Å². The highest BCUT2D eigenvalue weighted by molar-refractivity contribution is 14.0. The largest absolute Gasteiger partial charge is 0.382 e. The average Bonchev–Trinajstić information content (AvgIpc) is 2.48. The molecule has 132 valence electrons. The van der Waals surface area contributed by atoms with E-state index in [-0.39, 0.29) is 29.9 Å². The topological polar surface area (TPSA) is 66.0 Å². The first kappa shape index (κ1) is 23.7. The number of ether oxygens (including phenoxy) is 1. The van der Waals surface area contributed by atoms with E-state index < -0.39 is 0 Å². The number of nitrogens with zero attached hydrogens (tertiary/aromatic N) is 2. The summed E-state index contributed by atoms with van der Waals surface area (Å²) in [4.78, 5) is 18.2. The summed E-state index contributed by atoms with van der Waals surface area (Å²) in [6.07, 6.45) is 1.40. The summed E-state index contributed by atoms with van der Waals surface area (Å²) < 4.78 is 5.28. The number of guanidine groups is 1. The standard InChI is InChI=1S/C15H32N4O2.HI/c1-5-16-15(17-11-9-13-21-8-4)18-12-10-14(20)19(6-2)7-3;/h5-13H2,1-4H3,(H2,16,17,18);1H. The van der Waals surface area contributed by atoms with Gasteiger partial charge in [-0.05, 0) is 34.1 Å². The molecule has 0 saturated carbocycles. The van der Waals surface area contributed by atoms with E-state index in [0.717, 1.165) is 51.8 Å². The quantitative estimate of drug-likeness (QED) is 0.228. The minimum atomic E-state index is 0. The van der Waals surface area contributed by atoms with Crippen LogP contribution in [0.25, 0.3) is 0 Å². The van der Waals surface area contributed by atoms with Gasteiger partial charge >= 0.3 is 0 Å². The van der Waals surface area contributed by atoms with Crippen molar-refractivity contribution in [3.63, 3.8) is 0 Å². The van der Waals surface area contributed by atoms with Crippen LogP contribution in [0.2, 0.25) is 0 Å². The van der Waals surface area contributed by atoms with Gasteiger partial charge in [0, 0.05) is 52.4 Å². The SMILES string of the molecule is CCNC(=NCCCOCC)NCCC(=O)N(CC)CC.I. The molecular weight excluding hydrogens is 395 g/mol. The van der Waals surface area contributed by atoms with Crippen molar-refractivity contribution in [1.82, 2.24) is 15.5 Å². The lowest BCUT2D eigenvalue weighted by Crippen LogP contribution is -2.40. The second-order valence-electron chi connectivity index (χ2n) is 4.55. The Morgan fingerprint density at radius 1 is 1.14 bits per heavy atom. The van der Waals surface area contributed by atoms with Crippen LogP contribution >= 0.6 is 24.0 Å². The van der Waals surface area contributed by atoms with Crippen molar-refractivity contribution in [3.8, 4) is 0 Å². The van der Waals surface area contributed by atoms with Crippen LogP contribution in [0.5, 0.6) is 0 Å². The number of hydrogen-bond donors (Lipinski definition) is 2. The fraction of sp³-hybridized carbons (Fsp3) is 0.867. The molecule has 0 bridgehead atoms. The molecule has 0 rings (SSSR count). The maximum atomic E-state index is 11.9. The van der Waals surface area contributed by atoms with Gasteiger partial charge in [0.25, 0.3) is 0 Å². The average molecular weight is 428 g/mol. The molecule has 1 amide bonds. The number of carbonyl (C=O) groups excluding carboxylic acids is 1. The third kappa shape index (κ3) is 12.0. The normalized spacial score (nSPS) is 10.8. The lowest BCUT2D eigenvalue weighted by atomic mass is 10.3. The van der Waals surface area contributed by atoms with Gasteiger partial charge in [0.05, 0.1) is 0 Å². The van der Waals surface area contributed by atoms with Crippen molar-refractivity contribution < 1.29 is 9.53 Å². The maximum Gasteiger partial charge on any atom is 0.224 e. The Hall–Kier alpha value is -0.570. The molecule has 0 aromatic heterocycles. The molecule has 0 spiro atoms. The molecule has 22 heavy (non-hydrogen) atoms. The van der Waals surface area contributed by atoms with Crippen molar-refractivity contribution in [1.29, 1.82) is 0 Å². The first-order valence-corrected chi connectivity index (χ1v) is 8.07. The third-order valence-corrected chi connectivity index (χ3v) is 3.01. The lowest BCUT2D eigenvalue weighted by Gasteiger charge is -2.19. The van der Waals surface area contributed by atoms with E-state index in [0.29, 0.717) is 13.0 Å². The number of halogens is 1. The molecule has 0 fully saturated rings. The van der Waals surface area contributed by atoms with Crippen molar-refractivity contribution in [3.05, 3.63) is 0 Å².